The number of hydrogen-bond donors (Lipinski definition) is 1. The van der Waals surface area contributed by atoms with E-state index < -0.39 is 12.6 Å². The number of halogens is 3. The summed E-state index contributed by atoms with van der Waals surface area (Å²) in [5.41, 5.74) is 3.41. The summed E-state index contributed by atoms with van der Waals surface area (Å²) in [4.78, 5) is 9.01. The number of alkyl halides is 3. The Hall–Kier alpha value is -3.35. The van der Waals surface area contributed by atoms with E-state index >= 15 is 0 Å². The lowest BCUT2D eigenvalue weighted by Gasteiger charge is -2.08. The van der Waals surface area contributed by atoms with Gasteiger partial charge < -0.3 is 5.11 Å². The van der Waals surface area contributed by atoms with E-state index in [2.05, 4.69) is 4.98 Å². The molecule has 0 fully saturated rings. The molecule has 0 saturated heterocycles. The Labute approximate surface area is 165 Å². The molecule has 4 nitrogen and oxygen atoms in total. The van der Waals surface area contributed by atoms with E-state index in [0.29, 0.717) is 23.5 Å². The maximum atomic E-state index is 12.7. The van der Waals surface area contributed by atoms with E-state index in [-0.39, 0.29) is 18.0 Å². The first-order valence-corrected chi connectivity index (χ1v) is 9.16. The predicted octanol–water partition coefficient (Wildman–Crippen LogP) is 5.19. The summed E-state index contributed by atoms with van der Waals surface area (Å²) >= 11 is 0. The molecule has 0 amide bonds. The van der Waals surface area contributed by atoms with E-state index in [9.17, 15) is 18.3 Å². The highest BCUT2D eigenvalue weighted by molar-refractivity contribution is 5.63. The number of aryl methyl sites for hydroxylation is 1. The molecule has 0 saturated carbocycles. The highest BCUT2D eigenvalue weighted by Gasteiger charge is 2.28. The van der Waals surface area contributed by atoms with E-state index in [1.165, 1.54) is 4.40 Å². The van der Waals surface area contributed by atoms with Crippen LogP contribution in [-0.4, -0.2) is 25.7 Å². The van der Waals surface area contributed by atoms with Crippen molar-refractivity contribution < 1.29 is 18.3 Å². The van der Waals surface area contributed by atoms with Crippen molar-refractivity contribution in [2.24, 2.45) is 0 Å². The van der Waals surface area contributed by atoms with Crippen LogP contribution in [-0.2, 0) is 12.8 Å². The molecule has 2 aromatic carbocycles. The topological polar surface area (TPSA) is 50.4 Å². The van der Waals surface area contributed by atoms with Crippen molar-refractivity contribution in [3.05, 3.63) is 83.8 Å². The smallest absolute Gasteiger partial charge is 0.389 e. The van der Waals surface area contributed by atoms with Crippen LogP contribution in [0.25, 0.3) is 16.9 Å². The Balaban J connectivity index is 1.83. The summed E-state index contributed by atoms with van der Waals surface area (Å²) in [6, 6.07) is 19.0. The Bertz CT molecular complexity index is 1120. The third-order valence-corrected chi connectivity index (χ3v) is 4.65. The fraction of sp³-hybridized carbons (Fsp3) is 0.182. The van der Waals surface area contributed by atoms with Crippen LogP contribution in [0.3, 0.4) is 0 Å². The normalized spacial score (nSPS) is 11.8. The minimum atomic E-state index is -4.32. The summed E-state index contributed by atoms with van der Waals surface area (Å²) in [6.07, 6.45) is -3.69. The maximum Gasteiger partial charge on any atom is 0.389 e. The quantitative estimate of drug-likeness (QED) is 0.504. The molecule has 4 rings (SSSR count). The Morgan fingerprint density at radius 3 is 2.17 bits per heavy atom. The van der Waals surface area contributed by atoms with Crippen LogP contribution in [0.2, 0.25) is 0 Å². The van der Waals surface area contributed by atoms with Crippen molar-refractivity contribution >= 4 is 5.65 Å². The summed E-state index contributed by atoms with van der Waals surface area (Å²) in [5.74, 6) is -0.279. The highest BCUT2D eigenvalue weighted by atomic mass is 19.4. The summed E-state index contributed by atoms with van der Waals surface area (Å²) in [6.45, 7) is 0. The molecule has 0 unspecified atom stereocenters. The molecular weight excluding hydrogens is 379 g/mol. The molecular formula is C22H18F3N3O. The van der Waals surface area contributed by atoms with Crippen molar-refractivity contribution in [2.45, 2.75) is 25.4 Å². The van der Waals surface area contributed by atoms with Crippen molar-refractivity contribution in [3.63, 3.8) is 0 Å². The van der Waals surface area contributed by atoms with Crippen LogP contribution in [0.4, 0.5) is 13.2 Å². The van der Waals surface area contributed by atoms with Gasteiger partial charge in [-0.1, -0.05) is 60.7 Å². The number of fused-ring (bicyclic) bond motifs is 1. The second-order valence-corrected chi connectivity index (χ2v) is 6.79. The zero-order chi connectivity index (χ0) is 20.4. The van der Waals surface area contributed by atoms with Crippen LogP contribution in [0.5, 0.6) is 5.88 Å². The van der Waals surface area contributed by atoms with E-state index in [4.69, 9.17) is 4.98 Å². The Morgan fingerprint density at radius 2 is 1.52 bits per heavy atom. The van der Waals surface area contributed by atoms with Gasteiger partial charge in [-0.15, -0.1) is 0 Å². The average molecular weight is 397 g/mol. The molecule has 0 aliphatic carbocycles. The summed E-state index contributed by atoms with van der Waals surface area (Å²) in [5, 5.41) is 10.6. The Morgan fingerprint density at radius 1 is 0.862 bits per heavy atom. The zero-order valence-corrected chi connectivity index (χ0v) is 15.4. The lowest BCUT2D eigenvalue weighted by atomic mass is 10.1. The van der Waals surface area contributed by atoms with Crippen LogP contribution >= 0.6 is 0 Å². The van der Waals surface area contributed by atoms with Gasteiger partial charge in [0.2, 0.25) is 5.88 Å². The van der Waals surface area contributed by atoms with Crippen molar-refractivity contribution in [1.29, 1.82) is 0 Å². The van der Waals surface area contributed by atoms with Gasteiger partial charge in [0.1, 0.15) is 5.69 Å². The van der Waals surface area contributed by atoms with Crippen LogP contribution in [0, 0.1) is 0 Å². The van der Waals surface area contributed by atoms with Gasteiger partial charge in [0.05, 0.1) is 11.4 Å². The second kappa shape index (κ2) is 7.58. The predicted molar refractivity (Wildman–Crippen MR) is 104 cm³/mol. The van der Waals surface area contributed by atoms with Gasteiger partial charge in [-0.25, -0.2) is 9.97 Å². The molecule has 0 bridgehead atoms. The van der Waals surface area contributed by atoms with Gasteiger partial charge in [0, 0.05) is 31.0 Å². The monoisotopic (exact) mass is 397 g/mol. The molecule has 4 aromatic rings. The number of nitrogens with zero attached hydrogens (tertiary/aromatic N) is 3. The van der Waals surface area contributed by atoms with Gasteiger partial charge in [-0.05, 0) is 5.56 Å². The van der Waals surface area contributed by atoms with Crippen LogP contribution < -0.4 is 0 Å². The average Bonchev–Trinajstić information content (AvgIpc) is 3.04. The molecule has 29 heavy (non-hydrogen) atoms. The standard InChI is InChI=1S/C22H18F3N3O/c23-22(24,25)12-11-17-21(29)28-14-19(16-9-5-2-6-10-16)26-18(20(28)27-17)13-15-7-3-1-4-8-15/h1-10,14,29H,11-13H2. The largest absolute Gasteiger partial charge is 0.493 e. The number of aromatic nitrogens is 3. The van der Waals surface area contributed by atoms with Crippen LogP contribution in [0.15, 0.2) is 66.9 Å². The third-order valence-electron chi connectivity index (χ3n) is 4.65. The number of hydrogen-bond acceptors (Lipinski definition) is 3. The molecule has 1 N–H and O–H groups in total. The van der Waals surface area contributed by atoms with Gasteiger partial charge >= 0.3 is 6.18 Å². The van der Waals surface area contributed by atoms with Crippen molar-refractivity contribution in [3.8, 4) is 17.1 Å². The van der Waals surface area contributed by atoms with E-state index in [1.54, 1.807) is 6.20 Å². The fourth-order valence-electron chi connectivity index (χ4n) is 3.23. The molecule has 0 spiro atoms. The van der Waals surface area contributed by atoms with E-state index in [1.807, 2.05) is 60.7 Å². The molecule has 2 heterocycles. The molecule has 0 aliphatic heterocycles. The van der Waals surface area contributed by atoms with Crippen molar-refractivity contribution in [2.75, 3.05) is 0 Å². The molecule has 2 aromatic heterocycles. The van der Waals surface area contributed by atoms with Crippen LogP contribution in [0.1, 0.15) is 23.4 Å². The van der Waals surface area contributed by atoms with E-state index in [0.717, 1.165) is 11.1 Å². The first kappa shape index (κ1) is 19.0. The summed E-state index contributed by atoms with van der Waals surface area (Å²) < 4.78 is 39.4. The number of rotatable bonds is 5. The van der Waals surface area contributed by atoms with Gasteiger partial charge in [0.15, 0.2) is 5.65 Å². The maximum absolute atomic E-state index is 12.7. The first-order chi connectivity index (χ1) is 13.9. The van der Waals surface area contributed by atoms with Gasteiger partial charge in [-0.3, -0.25) is 4.40 Å². The highest BCUT2D eigenvalue weighted by Crippen LogP contribution is 2.29. The minimum Gasteiger partial charge on any atom is -0.493 e. The molecule has 0 radical (unpaired) electrons. The first-order valence-electron chi connectivity index (χ1n) is 9.16. The lowest BCUT2D eigenvalue weighted by Crippen LogP contribution is -2.08. The van der Waals surface area contributed by atoms with Crippen molar-refractivity contribution in [1.82, 2.24) is 14.4 Å². The molecule has 0 atom stereocenters. The molecule has 148 valence electrons. The summed E-state index contributed by atoms with van der Waals surface area (Å²) in [7, 11) is 0. The molecule has 7 heteroatoms. The Kier molecular flexibility index (Phi) is 4.96. The SMILES string of the molecule is Oc1c(CCC(F)(F)F)nc2c(Cc3ccccc3)nc(-c3ccccc3)cn12. The number of aromatic hydroxyl groups is 1. The van der Waals surface area contributed by atoms with Gasteiger partial charge in [0.25, 0.3) is 0 Å². The zero-order valence-electron chi connectivity index (χ0n) is 15.4. The number of benzene rings is 2. The van der Waals surface area contributed by atoms with Gasteiger partial charge in [-0.2, -0.15) is 13.2 Å². The lowest BCUT2D eigenvalue weighted by molar-refractivity contribution is -0.134. The fourth-order valence-corrected chi connectivity index (χ4v) is 3.23. The second-order valence-electron chi connectivity index (χ2n) is 6.79. The molecule has 0 aliphatic rings. The number of imidazole rings is 1. The minimum absolute atomic E-state index is 0.0173. The third kappa shape index (κ3) is 4.23.